The van der Waals surface area contributed by atoms with E-state index in [-0.39, 0.29) is 6.04 Å². The van der Waals surface area contributed by atoms with Crippen LogP contribution in [0, 0.1) is 0 Å². The number of rotatable bonds is 2. The first-order chi connectivity index (χ1) is 9.36. The van der Waals surface area contributed by atoms with Crippen LogP contribution in [0.25, 0.3) is 6.08 Å². The molecule has 0 fully saturated rings. The fraction of sp³-hybridized carbons (Fsp3) is 0.176. The number of hydrogen-bond acceptors (Lipinski definition) is 2. The molecule has 1 aliphatic heterocycles. The van der Waals surface area contributed by atoms with Crippen LogP contribution in [-0.4, -0.2) is 6.61 Å². The summed E-state index contributed by atoms with van der Waals surface area (Å²) in [5.41, 5.74) is 3.56. The summed E-state index contributed by atoms with van der Waals surface area (Å²) in [7, 11) is 0. The normalized spacial score (nSPS) is 18.0. The van der Waals surface area contributed by atoms with Crippen molar-refractivity contribution >= 4 is 6.08 Å². The third-order valence-corrected chi connectivity index (χ3v) is 3.47. The molecule has 1 N–H and O–H groups in total. The van der Waals surface area contributed by atoms with Gasteiger partial charge in [0.05, 0.1) is 6.04 Å². The first-order valence-electron chi connectivity index (χ1n) is 6.53. The molecule has 1 unspecified atom stereocenters. The van der Waals surface area contributed by atoms with E-state index in [0.29, 0.717) is 6.61 Å². The maximum atomic E-state index is 5.95. The van der Waals surface area contributed by atoms with Crippen molar-refractivity contribution in [2.75, 3.05) is 6.61 Å². The minimum atomic E-state index is 0.237. The van der Waals surface area contributed by atoms with Gasteiger partial charge in [-0.15, -0.1) is 0 Å². The lowest BCUT2D eigenvalue weighted by Crippen LogP contribution is -2.23. The van der Waals surface area contributed by atoms with E-state index < -0.39 is 0 Å². The molecule has 2 nitrogen and oxygen atoms in total. The highest BCUT2D eigenvalue weighted by Gasteiger charge is 2.17. The summed E-state index contributed by atoms with van der Waals surface area (Å²) < 4.78 is 5.95. The molecule has 0 bridgehead atoms. The molecule has 0 spiro atoms. The van der Waals surface area contributed by atoms with E-state index in [2.05, 4.69) is 54.4 Å². The molecule has 2 aromatic rings. The highest BCUT2D eigenvalue weighted by atomic mass is 16.5. The van der Waals surface area contributed by atoms with Crippen LogP contribution in [0.1, 0.15) is 22.7 Å². The number of hydrogen-bond donors (Lipinski definition) is 1. The van der Waals surface area contributed by atoms with Crippen LogP contribution in [0.15, 0.2) is 55.1 Å². The third-order valence-electron chi connectivity index (χ3n) is 3.47. The minimum absolute atomic E-state index is 0.237. The Morgan fingerprint density at radius 1 is 1.16 bits per heavy atom. The van der Waals surface area contributed by atoms with Gasteiger partial charge in [0.1, 0.15) is 12.4 Å². The van der Waals surface area contributed by atoms with Crippen LogP contribution < -0.4 is 10.1 Å². The molecule has 0 saturated heterocycles. The predicted molar refractivity (Wildman–Crippen MR) is 78.1 cm³/mol. The van der Waals surface area contributed by atoms with Gasteiger partial charge >= 0.3 is 0 Å². The van der Waals surface area contributed by atoms with Crippen molar-refractivity contribution in [2.24, 2.45) is 0 Å². The van der Waals surface area contributed by atoms with Gasteiger partial charge in [-0.3, -0.25) is 0 Å². The monoisotopic (exact) mass is 251 g/mol. The second kappa shape index (κ2) is 5.29. The molecule has 2 heteroatoms. The molecule has 0 amide bonds. The summed E-state index contributed by atoms with van der Waals surface area (Å²) in [4.78, 5) is 0. The lowest BCUT2D eigenvalue weighted by atomic mass is 10.1. The topological polar surface area (TPSA) is 21.3 Å². The zero-order chi connectivity index (χ0) is 13.1. The maximum Gasteiger partial charge on any atom is 0.124 e. The maximum absolute atomic E-state index is 5.95. The summed E-state index contributed by atoms with van der Waals surface area (Å²) in [6.07, 6.45) is 1.84. The van der Waals surface area contributed by atoms with Gasteiger partial charge in [-0.1, -0.05) is 55.1 Å². The largest absolute Gasteiger partial charge is 0.491 e. The Morgan fingerprint density at radius 2 is 2.00 bits per heavy atom. The van der Waals surface area contributed by atoms with Gasteiger partial charge < -0.3 is 10.1 Å². The van der Waals surface area contributed by atoms with E-state index in [1.165, 1.54) is 11.1 Å². The van der Waals surface area contributed by atoms with Gasteiger partial charge in [0.15, 0.2) is 0 Å². The Labute approximate surface area is 113 Å². The van der Waals surface area contributed by atoms with Gasteiger partial charge in [0, 0.05) is 12.1 Å². The Kier molecular flexibility index (Phi) is 3.34. The first-order valence-corrected chi connectivity index (χ1v) is 6.53. The van der Waals surface area contributed by atoms with Crippen molar-refractivity contribution in [2.45, 2.75) is 12.6 Å². The molecule has 3 rings (SSSR count). The van der Waals surface area contributed by atoms with Crippen LogP contribution in [0.5, 0.6) is 5.75 Å². The molecule has 0 saturated carbocycles. The smallest absolute Gasteiger partial charge is 0.124 e. The molecule has 1 heterocycles. The second-order valence-corrected chi connectivity index (χ2v) is 4.73. The van der Waals surface area contributed by atoms with Crippen molar-refractivity contribution in [1.82, 2.24) is 5.32 Å². The van der Waals surface area contributed by atoms with E-state index in [1.54, 1.807) is 0 Å². The Bertz CT molecular complexity index is 577. The minimum Gasteiger partial charge on any atom is -0.491 e. The lowest BCUT2D eigenvalue weighted by molar-refractivity contribution is 0.280. The molecule has 19 heavy (non-hydrogen) atoms. The Hall–Kier alpha value is -2.06. The van der Waals surface area contributed by atoms with Crippen molar-refractivity contribution in [3.05, 3.63) is 71.8 Å². The predicted octanol–water partition coefficient (Wildman–Crippen LogP) is 3.55. The number of benzene rings is 2. The highest BCUT2D eigenvalue weighted by molar-refractivity contribution is 5.52. The molecule has 2 aromatic carbocycles. The van der Waals surface area contributed by atoms with Crippen LogP contribution in [0.2, 0.25) is 0 Å². The molecular weight excluding hydrogens is 234 g/mol. The van der Waals surface area contributed by atoms with Gasteiger partial charge in [0.25, 0.3) is 0 Å². The highest BCUT2D eigenvalue weighted by Crippen LogP contribution is 2.26. The first kappa shape index (κ1) is 12.0. The summed E-state index contributed by atoms with van der Waals surface area (Å²) in [6, 6.07) is 16.9. The van der Waals surface area contributed by atoms with E-state index >= 15 is 0 Å². The third kappa shape index (κ3) is 2.54. The molecule has 0 radical (unpaired) electrons. The molecule has 96 valence electrons. The number of nitrogens with one attached hydrogen (secondary N) is 1. The summed E-state index contributed by atoms with van der Waals surface area (Å²) >= 11 is 0. The Balaban J connectivity index is 1.83. The second-order valence-electron chi connectivity index (χ2n) is 4.73. The summed E-state index contributed by atoms with van der Waals surface area (Å²) in [6.45, 7) is 5.27. The van der Waals surface area contributed by atoms with Gasteiger partial charge in [-0.25, -0.2) is 0 Å². The zero-order valence-corrected chi connectivity index (χ0v) is 10.8. The lowest BCUT2D eigenvalue weighted by Gasteiger charge is -2.15. The number of ether oxygens (including phenoxy) is 1. The average Bonchev–Trinajstić information content (AvgIpc) is 2.70. The van der Waals surface area contributed by atoms with Gasteiger partial charge in [-0.2, -0.15) is 0 Å². The summed E-state index contributed by atoms with van der Waals surface area (Å²) in [5.74, 6) is 0.961. The van der Waals surface area contributed by atoms with E-state index in [0.717, 1.165) is 17.9 Å². The van der Waals surface area contributed by atoms with Crippen LogP contribution in [-0.2, 0) is 6.54 Å². The molecule has 1 atom stereocenters. The zero-order valence-electron chi connectivity index (χ0n) is 10.8. The van der Waals surface area contributed by atoms with Crippen molar-refractivity contribution < 1.29 is 4.74 Å². The molecular formula is C17H17NO. The van der Waals surface area contributed by atoms with E-state index in [4.69, 9.17) is 4.74 Å². The average molecular weight is 251 g/mol. The van der Waals surface area contributed by atoms with Gasteiger partial charge in [0.2, 0.25) is 0 Å². The quantitative estimate of drug-likeness (QED) is 0.881. The van der Waals surface area contributed by atoms with Crippen LogP contribution in [0.3, 0.4) is 0 Å². The van der Waals surface area contributed by atoms with Crippen molar-refractivity contribution in [1.29, 1.82) is 0 Å². The SMILES string of the molecule is C=Cc1ccc2c(c1)OCC(c1ccccc1)NC2. The van der Waals surface area contributed by atoms with Crippen LogP contribution >= 0.6 is 0 Å². The fourth-order valence-electron chi connectivity index (χ4n) is 2.34. The van der Waals surface area contributed by atoms with Crippen LogP contribution in [0.4, 0.5) is 0 Å². The number of fused-ring (bicyclic) bond motifs is 1. The standard InChI is InChI=1S/C17H17NO/c1-2-13-8-9-15-11-18-16(12-19-17(15)10-13)14-6-4-3-5-7-14/h2-10,16,18H,1,11-12H2. The van der Waals surface area contributed by atoms with Crippen molar-refractivity contribution in [3.8, 4) is 5.75 Å². The molecule has 1 aliphatic rings. The fourth-order valence-corrected chi connectivity index (χ4v) is 2.34. The molecule has 0 aliphatic carbocycles. The summed E-state index contributed by atoms with van der Waals surface area (Å²) in [5, 5.41) is 3.54. The van der Waals surface area contributed by atoms with E-state index in [9.17, 15) is 0 Å². The van der Waals surface area contributed by atoms with E-state index in [1.807, 2.05) is 12.1 Å². The van der Waals surface area contributed by atoms with Crippen molar-refractivity contribution in [3.63, 3.8) is 0 Å². The van der Waals surface area contributed by atoms with Gasteiger partial charge in [-0.05, 0) is 17.2 Å². The molecule has 0 aromatic heterocycles. The Morgan fingerprint density at radius 3 is 2.79 bits per heavy atom.